The van der Waals surface area contributed by atoms with Gasteiger partial charge in [-0.3, -0.25) is 4.79 Å². The summed E-state index contributed by atoms with van der Waals surface area (Å²) in [5.74, 6) is -0.264. The molecule has 0 aromatic carbocycles. The number of anilines is 1. The highest BCUT2D eigenvalue weighted by Gasteiger charge is 2.27. The monoisotopic (exact) mass is 410 g/mol. The molecule has 0 unspecified atom stereocenters. The lowest BCUT2D eigenvalue weighted by molar-refractivity contribution is -0.142. The summed E-state index contributed by atoms with van der Waals surface area (Å²) < 4.78 is 6.90. The van der Waals surface area contributed by atoms with E-state index in [0.29, 0.717) is 43.9 Å². The summed E-state index contributed by atoms with van der Waals surface area (Å²) in [7, 11) is 1.69. The molecule has 9 heteroatoms. The van der Waals surface area contributed by atoms with Crippen LogP contribution in [0.25, 0.3) is 17.0 Å². The van der Waals surface area contributed by atoms with Crippen LogP contribution in [0.5, 0.6) is 0 Å². The highest BCUT2D eigenvalue weighted by Crippen LogP contribution is 2.30. The number of hydrogen-bond acceptors (Lipinski definition) is 7. The van der Waals surface area contributed by atoms with Gasteiger partial charge in [0.1, 0.15) is 11.4 Å². The molecule has 1 saturated heterocycles. The first kappa shape index (κ1) is 20.2. The number of hydrogen-bond donors (Lipinski definition) is 1. The average molecular weight is 410 g/mol. The van der Waals surface area contributed by atoms with E-state index in [1.165, 1.54) is 0 Å². The fraction of sp³-hybridized carbons (Fsp3) is 0.476. The molecule has 0 spiro atoms. The van der Waals surface area contributed by atoms with Crippen molar-refractivity contribution in [1.29, 1.82) is 0 Å². The van der Waals surface area contributed by atoms with Crippen molar-refractivity contribution in [2.45, 2.75) is 32.6 Å². The van der Waals surface area contributed by atoms with Gasteiger partial charge in [0.15, 0.2) is 11.5 Å². The normalized spacial score (nSPS) is 15.1. The number of carboxylic acid groups (broad SMARTS) is 1. The predicted molar refractivity (Wildman–Crippen MR) is 112 cm³/mol. The Kier molecular flexibility index (Phi) is 5.89. The average Bonchev–Trinajstić information content (AvgIpc) is 3.13. The van der Waals surface area contributed by atoms with E-state index in [-0.39, 0.29) is 5.92 Å². The summed E-state index contributed by atoms with van der Waals surface area (Å²) >= 11 is 0. The fourth-order valence-electron chi connectivity index (χ4n) is 3.80. The molecule has 0 bridgehead atoms. The van der Waals surface area contributed by atoms with Crippen molar-refractivity contribution in [3.05, 3.63) is 35.9 Å². The third-order valence-corrected chi connectivity index (χ3v) is 5.41. The minimum absolute atomic E-state index is 0.300. The Morgan fingerprint density at radius 3 is 2.80 bits per heavy atom. The smallest absolute Gasteiger partial charge is 0.306 e. The SMILES string of the molecule is COCCCc1cnc(-c2ccc3nc(C)cn3n2)c(N2CCC(C(=O)O)CC2)n1. The lowest BCUT2D eigenvalue weighted by atomic mass is 9.97. The zero-order valence-electron chi connectivity index (χ0n) is 17.3. The maximum absolute atomic E-state index is 11.3. The van der Waals surface area contributed by atoms with E-state index in [9.17, 15) is 9.90 Å². The molecule has 0 saturated carbocycles. The van der Waals surface area contributed by atoms with Crippen LogP contribution in [0, 0.1) is 12.8 Å². The lowest BCUT2D eigenvalue weighted by Gasteiger charge is -2.32. The number of nitrogens with zero attached hydrogens (tertiary/aromatic N) is 6. The number of aromatic nitrogens is 5. The van der Waals surface area contributed by atoms with Crippen LogP contribution in [0.15, 0.2) is 24.5 Å². The summed E-state index contributed by atoms with van der Waals surface area (Å²) in [6.45, 7) is 3.86. The number of piperidine rings is 1. The lowest BCUT2D eigenvalue weighted by Crippen LogP contribution is -2.37. The van der Waals surface area contributed by atoms with Crippen molar-refractivity contribution in [3.8, 4) is 11.4 Å². The van der Waals surface area contributed by atoms with Crippen molar-refractivity contribution in [2.75, 3.05) is 31.7 Å². The highest BCUT2D eigenvalue weighted by atomic mass is 16.5. The van der Waals surface area contributed by atoms with Gasteiger partial charge < -0.3 is 14.7 Å². The van der Waals surface area contributed by atoms with Crippen LogP contribution in [0.3, 0.4) is 0 Å². The van der Waals surface area contributed by atoms with Gasteiger partial charge in [-0.05, 0) is 44.7 Å². The Hall–Kier alpha value is -3.07. The number of aliphatic carboxylic acids is 1. The number of aryl methyl sites for hydroxylation is 2. The Morgan fingerprint density at radius 2 is 2.07 bits per heavy atom. The zero-order valence-corrected chi connectivity index (χ0v) is 17.3. The topological polar surface area (TPSA) is 106 Å². The van der Waals surface area contributed by atoms with Gasteiger partial charge in [0.2, 0.25) is 0 Å². The van der Waals surface area contributed by atoms with E-state index < -0.39 is 5.97 Å². The van der Waals surface area contributed by atoms with E-state index in [1.807, 2.05) is 25.3 Å². The number of rotatable bonds is 7. The van der Waals surface area contributed by atoms with Crippen LogP contribution in [0.1, 0.15) is 30.7 Å². The van der Waals surface area contributed by atoms with Crippen LogP contribution in [-0.4, -0.2) is 62.4 Å². The van der Waals surface area contributed by atoms with Gasteiger partial charge in [0.25, 0.3) is 0 Å². The maximum atomic E-state index is 11.3. The van der Waals surface area contributed by atoms with Crippen LogP contribution in [0.2, 0.25) is 0 Å². The second kappa shape index (κ2) is 8.74. The largest absolute Gasteiger partial charge is 0.481 e. The van der Waals surface area contributed by atoms with E-state index in [0.717, 1.165) is 35.7 Å². The van der Waals surface area contributed by atoms with Gasteiger partial charge in [-0.25, -0.2) is 19.5 Å². The van der Waals surface area contributed by atoms with Crippen molar-refractivity contribution >= 4 is 17.4 Å². The first-order chi connectivity index (χ1) is 14.5. The van der Waals surface area contributed by atoms with Gasteiger partial charge in [-0.15, -0.1) is 0 Å². The molecule has 4 rings (SSSR count). The number of ether oxygens (including phenoxy) is 1. The first-order valence-corrected chi connectivity index (χ1v) is 10.2. The standard InChI is InChI=1S/C21H26N6O3/c1-14-13-27-18(23-14)6-5-17(25-27)19-20(24-16(12-22-19)4-3-11-30-2)26-9-7-15(8-10-26)21(28)29/h5-6,12-13,15H,3-4,7-11H2,1-2H3,(H,28,29). The van der Waals surface area contributed by atoms with Gasteiger partial charge in [-0.1, -0.05) is 0 Å². The predicted octanol–water partition coefficient (Wildman–Crippen LogP) is 2.37. The fourth-order valence-corrected chi connectivity index (χ4v) is 3.80. The van der Waals surface area contributed by atoms with E-state index in [1.54, 1.807) is 17.8 Å². The summed E-state index contributed by atoms with van der Waals surface area (Å²) in [6, 6.07) is 3.83. The number of carboxylic acids is 1. The molecule has 0 radical (unpaired) electrons. The zero-order chi connectivity index (χ0) is 21.1. The first-order valence-electron chi connectivity index (χ1n) is 10.2. The molecular formula is C21H26N6O3. The van der Waals surface area contributed by atoms with Gasteiger partial charge >= 0.3 is 5.97 Å². The van der Waals surface area contributed by atoms with Crippen molar-refractivity contribution in [1.82, 2.24) is 24.6 Å². The maximum Gasteiger partial charge on any atom is 0.306 e. The Balaban J connectivity index is 1.68. The Morgan fingerprint density at radius 1 is 1.27 bits per heavy atom. The van der Waals surface area contributed by atoms with E-state index >= 15 is 0 Å². The second-order valence-electron chi connectivity index (χ2n) is 7.63. The molecule has 3 aromatic heterocycles. The van der Waals surface area contributed by atoms with Gasteiger partial charge in [0.05, 0.1) is 23.5 Å². The summed E-state index contributed by atoms with van der Waals surface area (Å²) in [6.07, 6.45) is 6.50. The van der Waals surface area contributed by atoms with Crippen molar-refractivity contribution in [3.63, 3.8) is 0 Å². The molecule has 1 fully saturated rings. The molecule has 3 aromatic rings. The molecule has 0 amide bonds. The van der Waals surface area contributed by atoms with E-state index in [2.05, 4.69) is 15.0 Å². The summed E-state index contributed by atoms with van der Waals surface area (Å²) in [5, 5.41) is 14.0. The minimum atomic E-state index is -0.725. The molecule has 0 atom stereocenters. The molecule has 0 aliphatic carbocycles. The summed E-state index contributed by atoms with van der Waals surface area (Å²) in [5.41, 5.74) is 3.99. The number of carbonyl (C=O) groups is 1. The third kappa shape index (κ3) is 4.25. The van der Waals surface area contributed by atoms with Crippen molar-refractivity contribution < 1.29 is 14.6 Å². The van der Waals surface area contributed by atoms with Crippen molar-refractivity contribution in [2.24, 2.45) is 5.92 Å². The number of fused-ring (bicyclic) bond motifs is 1. The van der Waals surface area contributed by atoms with Crippen LogP contribution >= 0.6 is 0 Å². The molecule has 4 heterocycles. The van der Waals surface area contributed by atoms with Gasteiger partial charge in [0, 0.05) is 33.0 Å². The molecule has 1 aliphatic heterocycles. The molecule has 30 heavy (non-hydrogen) atoms. The quantitative estimate of drug-likeness (QED) is 0.592. The molecule has 1 aliphatic rings. The minimum Gasteiger partial charge on any atom is -0.481 e. The van der Waals surface area contributed by atoms with Crippen LogP contribution in [0.4, 0.5) is 5.82 Å². The van der Waals surface area contributed by atoms with Crippen LogP contribution < -0.4 is 4.90 Å². The number of imidazole rings is 1. The molecular weight excluding hydrogens is 384 g/mol. The molecule has 9 nitrogen and oxygen atoms in total. The number of methoxy groups -OCH3 is 1. The Bertz CT molecular complexity index is 1040. The summed E-state index contributed by atoms with van der Waals surface area (Å²) in [4.78, 5) is 27.5. The highest BCUT2D eigenvalue weighted by molar-refractivity contribution is 5.72. The van der Waals surface area contributed by atoms with E-state index in [4.69, 9.17) is 14.7 Å². The molecule has 1 N–H and O–H groups in total. The van der Waals surface area contributed by atoms with Crippen LogP contribution in [-0.2, 0) is 16.0 Å². The van der Waals surface area contributed by atoms with Gasteiger partial charge in [-0.2, -0.15) is 5.10 Å². The third-order valence-electron chi connectivity index (χ3n) is 5.41. The second-order valence-corrected chi connectivity index (χ2v) is 7.63. The Labute approximate surface area is 174 Å². The molecule has 158 valence electrons.